The van der Waals surface area contributed by atoms with Crippen LogP contribution in [0.5, 0.6) is 0 Å². The Morgan fingerprint density at radius 3 is 2.25 bits per heavy atom. The smallest absolute Gasteiger partial charge is 0.351 e. The van der Waals surface area contributed by atoms with E-state index in [4.69, 9.17) is 15.6 Å². The van der Waals surface area contributed by atoms with Crippen LogP contribution in [-0.4, -0.2) is 91.3 Å². The Hall–Kier alpha value is -3.16. The molecule has 2 aliphatic heterocycles. The molecule has 2 fully saturated rings. The molecule has 0 spiro atoms. The van der Waals surface area contributed by atoms with Gasteiger partial charge in [0, 0.05) is 38.3 Å². The number of nitrogens with two attached hydrogens (primary N) is 1. The maximum absolute atomic E-state index is 15.2. The summed E-state index contributed by atoms with van der Waals surface area (Å²) in [7, 11) is -3.32. The first-order chi connectivity index (χ1) is 21.0. The lowest BCUT2D eigenvalue weighted by molar-refractivity contribution is -0.130. The van der Waals surface area contributed by atoms with Gasteiger partial charge in [0.15, 0.2) is 0 Å². The van der Waals surface area contributed by atoms with Crippen molar-refractivity contribution in [2.45, 2.75) is 57.6 Å². The lowest BCUT2D eigenvalue weighted by Crippen LogP contribution is -2.63. The van der Waals surface area contributed by atoms with Crippen molar-refractivity contribution in [3.8, 4) is 0 Å². The van der Waals surface area contributed by atoms with Gasteiger partial charge in [0.1, 0.15) is 30.6 Å². The Kier molecular flexibility index (Phi) is 9.57. The number of hydrogen-bond donors (Lipinski definition) is 1. The fourth-order valence-electron chi connectivity index (χ4n) is 6.02. The molecular formula is C32H44FN6O4S+. The highest BCUT2D eigenvalue weighted by atomic mass is 32.2. The zero-order valence-electron chi connectivity index (χ0n) is 25.8. The molecule has 2 aromatic rings. The van der Waals surface area contributed by atoms with Gasteiger partial charge >= 0.3 is 6.09 Å². The van der Waals surface area contributed by atoms with E-state index in [0.717, 1.165) is 11.3 Å². The van der Waals surface area contributed by atoms with E-state index < -0.39 is 33.7 Å². The summed E-state index contributed by atoms with van der Waals surface area (Å²) in [5.74, 6) is 0.661. The largest absolute Gasteiger partial charge is 0.429 e. The average Bonchev–Trinajstić information content (AvgIpc) is 3.80. The van der Waals surface area contributed by atoms with E-state index in [9.17, 15) is 13.2 Å². The van der Waals surface area contributed by atoms with Crippen LogP contribution < -0.4 is 10.2 Å². The van der Waals surface area contributed by atoms with Gasteiger partial charge in [-0.25, -0.2) is 27.1 Å². The monoisotopic (exact) mass is 627 g/mol. The molecule has 2 heterocycles. The average molecular weight is 628 g/mol. The van der Waals surface area contributed by atoms with Gasteiger partial charge in [-0.1, -0.05) is 69.3 Å². The summed E-state index contributed by atoms with van der Waals surface area (Å²) in [6, 6.07) is 19.3. The minimum Gasteiger partial charge on any atom is -0.351 e. The number of carbonyl (C=O) groups is 1. The molecule has 12 heteroatoms. The van der Waals surface area contributed by atoms with Crippen molar-refractivity contribution in [1.82, 2.24) is 18.8 Å². The summed E-state index contributed by atoms with van der Waals surface area (Å²) in [5, 5.41) is 1.18. The van der Waals surface area contributed by atoms with Crippen molar-refractivity contribution >= 4 is 27.6 Å². The molecule has 0 aromatic heterocycles. The van der Waals surface area contributed by atoms with E-state index in [1.807, 2.05) is 75.5 Å². The third kappa shape index (κ3) is 6.89. The number of hydroxylamine groups is 2. The fraction of sp³-hybridized carbons (Fsp3) is 0.500. The summed E-state index contributed by atoms with van der Waals surface area (Å²) in [4.78, 5) is 26.2. The number of alkyl halides is 1. The molecule has 10 nitrogen and oxygen atoms in total. The van der Waals surface area contributed by atoms with Gasteiger partial charge in [-0.05, 0) is 30.4 Å². The topological polar surface area (TPSA) is 109 Å². The fourth-order valence-corrected chi connectivity index (χ4v) is 7.85. The third-order valence-electron chi connectivity index (χ3n) is 8.40. The summed E-state index contributed by atoms with van der Waals surface area (Å²) < 4.78 is 42.3. The lowest BCUT2D eigenvalue weighted by Gasteiger charge is -2.44. The Morgan fingerprint density at radius 1 is 1.07 bits per heavy atom. The molecule has 1 amide bonds. The van der Waals surface area contributed by atoms with Crippen LogP contribution in [0.1, 0.15) is 39.2 Å². The maximum atomic E-state index is 15.2. The molecule has 1 saturated carbocycles. The molecule has 0 bridgehead atoms. The number of nitrogens with zero attached hydrogens (tertiary/aromatic N) is 5. The van der Waals surface area contributed by atoms with Gasteiger partial charge in [0.05, 0.1) is 18.0 Å². The molecule has 1 aliphatic carbocycles. The first kappa shape index (κ1) is 32.2. The molecule has 3 atom stereocenters. The van der Waals surface area contributed by atoms with Crippen LogP contribution in [-0.2, 0) is 21.4 Å². The molecule has 0 radical (unpaired) electrons. The van der Waals surface area contributed by atoms with Gasteiger partial charge in [0.2, 0.25) is 15.9 Å². The number of quaternary nitrogens is 1. The van der Waals surface area contributed by atoms with Crippen molar-refractivity contribution in [3.05, 3.63) is 78.6 Å². The predicted octanol–water partition coefficient (Wildman–Crippen LogP) is 4.25. The second-order valence-electron chi connectivity index (χ2n) is 12.8. The molecule has 5 rings (SSSR count). The first-order valence-corrected chi connectivity index (χ1v) is 16.8. The Balaban J connectivity index is 1.46. The molecule has 238 valence electrons. The van der Waals surface area contributed by atoms with Crippen molar-refractivity contribution in [2.75, 3.05) is 39.3 Å². The highest BCUT2D eigenvalue weighted by molar-refractivity contribution is 7.90. The number of benzene rings is 2. The second-order valence-corrected chi connectivity index (χ2v) is 15.0. The van der Waals surface area contributed by atoms with E-state index in [0.29, 0.717) is 25.2 Å². The molecule has 2 N–H and O–H groups in total. The van der Waals surface area contributed by atoms with E-state index in [2.05, 4.69) is 12.1 Å². The third-order valence-corrected chi connectivity index (χ3v) is 10.8. The predicted molar refractivity (Wildman–Crippen MR) is 170 cm³/mol. The highest BCUT2D eigenvalue weighted by Crippen LogP contribution is 2.38. The zero-order chi connectivity index (χ0) is 31.5. The molecule has 3 aliphatic rings. The number of para-hydroxylation sites is 1. The molecular weight excluding hydrogens is 583 g/mol. The van der Waals surface area contributed by atoms with Crippen LogP contribution in [0.4, 0.5) is 14.9 Å². The summed E-state index contributed by atoms with van der Waals surface area (Å²) in [6.07, 6.45) is 2.94. The molecule has 1 unspecified atom stereocenters. The quantitative estimate of drug-likeness (QED) is 0.373. The molecule has 44 heavy (non-hydrogen) atoms. The van der Waals surface area contributed by atoms with Crippen molar-refractivity contribution in [3.63, 3.8) is 0 Å². The van der Waals surface area contributed by atoms with Crippen LogP contribution in [0, 0.1) is 5.41 Å². The van der Waals surface area contributed by atoms with Crippen molar-refractivity contribution in [1.29, 1.82) is 0 Å². The van der Waals surface area contributed by atoms with Crippen molar-refractivity contribution < 1.29 is 22.4 Å². The second kappa shape index (κ2) is 13.1. The number of sulfonamides is 1. The van der Waals surface area contributed by atoms with Gasteiger partial charge in [-0.2, -0.15) is 4.31 Å². The van der Waals surface area contributed by atoms with Gasteiger partial charge in [-0.15, -0.1) is 5.06 Å². The SMILES string of the molecule is CC(C)(C)[C@H](C1=NC=C[N+]1(Cc1ccccc1)c1ccccc1)N(C[C@H](F)CN)C(=O)ON1CCN(S(=O)(=O)C2CC2)CC1. The number of aliphatic imine (C=N–C) groups is 1. The van der Waals surface area contributed by atoms with E-state index in [-0.39, 0.29) is 49.0 Å². The number of amidine groups is 1. The number of piperazine rings is 1. The molecule has 1 saturated heterocycles. The number of hydrogen-bond acceptors (Lipinski definition) is 7. The number of amides is 1. The normalized spacial score (nSPS) is 22.8. The van der Waals surface area contributed by atoms with E-state index in [1.54, 1.807) is 6.20 Å². The summed E-state index contributed by atoms with van der Waals surface area (Å²) in [5.41, 5.74) is 7.16. The van der Waals surface area contributed by atoms with Crippen LogP contribution in [0.25, 0.3) is 0 Å². The minimum absolute atomic E-state index is 0.216. The number of carbonyl (C=O) groups excluding carboxylic acids is 1. The number of halogens is 1. The van der Waals surface area contributed by atoms with Crippen LogP contribution in [0.15, 0.2) is 78.1 Å². The number of rotatable bonds is 11. The Morgan fingerprint density at radius 2 is 1.68 bits per heavy atom. The van der Waals surface area contributed by atoms with Gasteiger partial charge in [0.25, 0.3) is 0 Å². The van der Waals surface area contributed by atoms with Gasteiger partial charge < -0.3 is 10.6 Å². The Labute approximate surface area is 260 Å². The van der Waals surface area contributed by atoms with E-state index >= 15 is 4.39 Å². The molecule has 2 aromatic carbocycles. The minimum atomic E-state index is -3.32. The van der Waals surface area contributed by atoms with Crippen molar-refractivity contribution in [2.24, 2.45) is 16.1 Å². The summed E-state index contributed by atoms with van der Waals surface area (Å²) >= 11 is 0. The zero-order valence-corrected chi connectivity index (χ0v) is 26.6. The van der Waals surface area contributed by atoms with Crippen LogP contribution >= 0.6 is 0 Å². The lowest BCUT2D eigenvalue weighted by atomic mass is 9.83. The Bertz CT molecular complexity index is 1450. The van der Waals surface area contributed by atoms with Crippen LogP contribution in [0.3, 0.4) is 0 Å². The maximum Gasteiger partial charge on any atom is 0.429 e. The standard InChI is InChI=1S/C32H44FN6O4S/c1-32(2,3)29(30-35-16-21-39(30,27-12-8-5-9-13-27)24-25-10-6-4-7-11-25)38(23-26(33)22-34)31(40)43-36-17-19-37(20-18-36)44(41,42)28-14-15-28/h4-13,16,21,26,28-29H,14-15,17-20,22-24,34H2,1-3H3/q+1/t26-,29+,39?/m1/s1. The first-order valence-electron chi connectivity index (χ1n) is 15.3. The summed E-state index contributed by atoms with van der Waals surface area (Å²) in [6.45, 7) is 6.89. The van der Waals surface area contributed by atoms with E-state index in [1.165, 1.54) is 14.3 Å². The van der Waals surface area contributed by atoms with Gasteiger partial charge in [-0.3, -0.25) is 4.90 Å². The highest BCUT2D eigenvalue weighted by Gasteiger charge is 2.51. The van der Waals surface area contributed by atoms with Crippen LogP contribution in [0.2, 0.25) is 0 Å².